The largest absolute Gasteiger partial charge is 0.263 e. The summed E-state index contributed by atoms with van der Waals surface area (Å²) in [7, 11) is -3.71. The third-order valence-corrected chi connectivity index (χ3v) is 5.34. The lowest BCUT2D eigenvalue weighted by atomic mass is 10.1. The second-order valence-corrected chi connectivity index (χ2v) is 7.25. The summed E-state index contributed by atoms with van der Waals surface area (Å²) in [5.41, 5.74) is 2.49. The van der Waals surface area contributed by atoms with Crippen LogP contribution in [-0.4, -0.2) is 13.4 Å². The van der Waals surface area contributed by atoms with Crippen LogP contribution in [-0.2, 0) is 10.0 Å². The van der Waals surface area contributed by atoms with Gasteiger partial charge >= 0.3 is 0 Å². The van der Waals surface area contributed by atoms with Gasteiger partial charge in [-0.05, 0) is 37.3 Å². The van der Waals surface area contributed by atoms with Gasteiger partial charge in [0, 0.05) is 17.6 Å². The van der Waals surface area contributed by atoms with Crippen LogP contribution in [0.1, 0.15) is 16.7 Å². The zero-order valence-electron chi connectivity index (χ0n) is 13.2. The van der Waals surface area contributed by atoms with Crippen molar-refractivity contribution < 1.29 is 8.42 Å². The molecule has 0 unspecified atom stereocenters. The summed E-state index contributed by atoms with van der Waals surface area (Å²) in [4.78, 5) is 4.46. The molecule has 1 heterocycles. The molecule has 1 radical (unpaired) electrons. The van der Waals surface area contributed by atoms with E-state index in [1.54, 1.807) is 13.8 Å². The Hall–Kier alpha value is -2.40. The van der Waals surface area contributed by atoms with Gasteiger partial charge in [0.15, 0.2) is 0 Å². The predicted molar refractivity (Wildman–Crippen MR) is 92.0 cm³/mol. The van der Waals surface area contributed by atoms with Crippen LogP contribution >= 0.6 is 0 Å². The molecule has 1 aromatic heterocycles. The van der Waals surface area contributed by atoms with Gasteiger partial charge in [-0.15, -0.1) is 0 Å². The predicted octanol–water partition coefficient (Wildman–Crippen LogP) is 3.76. The number of nitrogens with zero attached hydrogens (tertiary/aromatic N) is 1. The van der Waals surface area contributed by atoms with E-state index in [4.69, 9.17) is 0 Å². The van der Waals surface area contributed by atoms with Crippen LogP contribution in [0.3, 0.4) is 0 Å². The molecule has 3 aromatic rings. The fourth-order valence-corrected chi connectivity index (χ4v) is 4.39. The third-order valence-electron chi connectivity index (χ3n) is 3.70. The number of pyridine rings is 1. The molecule has 117 valence electrons. The van der Waals surface area contributed by atoms with Gasteiger partial charge in [-0.25, -0.2) is 13.4 Å². The molecule has 4 nitrogen and oxygen atoms in total. The molecular weight excluding hydrogens is 308 g/mol. The van der Waals surface area contributed by atoms with Crippen molar-refractivity contribution in [2.75, 3.05) is 4.72 Å². The van der Waals surface area contributed by atoms with Gasteiger partial charge in [0.05, 0.1) is 4.90 Å². The average molecular weight is 325 g/mol. The number of hydrogen-bond donors (Lipinski definition) is 1. The molecular formula is C18H17N2O2S. The number of rotatable bonds is 3. The van der Waals surface area contributed by atoms with E-state index in [9.17, 15) is 8.42 Å². The smallest absolute Gasteiger partial charge is 0.263 e. The maximum absolute atomic E-state index is 12.8. The standard InChI is InChI=1S/C18H17N2O2S/c1-12-10-13(2)17(14(3)11-12)23(21,22)20-18-16-7-5-4-6-15(16)8-9-19-18/h4-7,9-11H,1-3H3,(H,19,20). The van der Waals surface area contributed by atoms with E-state index in [-0.39, 0.29) is 0 Å². The van der Waals surface area contributed by atoms with Crippen molar-refractivity contribution in [3.63, 3.8) is 0 Å². The number of sulfonamides is 1. The molecule has 0 aliphatic rings. The van der Waals surface area contributed by atoms with Gasteiger partial charge in [-0.3, -0.25) is 4.72 Å². The molecule has 0 aliphatic carbocycles. The van der Waals surface area contributed by atoms with Crippen LogP contribution in [0.15, 0.2) is 47.5 Å². The van der Waals surface area contributed by atoms with Crippen molar-refractivity contribution in [3.8, 4) is 0 Å². The Morgan fingerprint density at radius 1 is 1.04 bits per heavy atom. The van der Waals surface area contributed by atoms with Crippen LogP contribution < -0.4 is 4.72 Å². The number of anilines is 1. The zero-order chi connectivity index (χ0) is 16.6. The fraction of sp³-hybridized carbons (Fsp3) is 0.167. The minimum Gasteiger partial charge on any atom is -0.263 e. The number of aromatic nitrogens is 1. The molecule has 0 aliphatic heterocycles. The van der Waals surface area contributed by atoms with Crippen molar-refractivity contribution in [2.45, 2.75) is 25.7 Å². The van der Waals surface area contributed by atoms with E-state index in [2.05, 4.69) is 15.8 Å². The number of nitrogens with one attached hydrogen (secondary N) is 1. The topological polar surface area (TPSA) is 59.1 Å². The molecule has 0 saturated heterocycles. The van der Waals surface area contributed by atoms with Gasteiger partial charge in [0.2, 0.25) is 0 Å². The summed E-state index contributed by atoms with van der Waals surface area (Å²) >= 11 is 0. The lowest BCUT2D eigenvalue weighted by Gasteiger charge is -2.14. The Bertz CT molecular complexity index is 967. The summed E-state index contributed by atoms with van der Waals surface area (Å²) in [6.45, 7) is 5.56. The maximum atomic E-state index is 12.8. The zero-order valence-corrected chi connectivity index (χ0v) is 14.0. The highest BCUT2D eigenvalue weighted by molar-refractivity contribution is 7.92. The van der Waals surface area contributed by atoms with Gasteiger partial charge in [-0.1, -0.05) is 42.0 Å². The van der Waals surface area contributed by atoms with E-state index in [1.807, 2.05) is 43.3 Å². The van der Waals surface area contributed by atoms with Crippen molar-refractivity contribution >= 4 is 26.6 Å². The van der Waals surface area contributed by atoms with Crippen LogP contribution in [0.4, 0.5) is 5.82 Å². The lowest BCUT2D eigenvalue weighted by Crippen LogP contribution is -2.17. The van der Waals surface area contributed by atoms with Crippen LogP contribution in [0.2, 0.25) is 0 Å². The normalized spacial score (nSPS) is 11.6. The molecule has 0 saturated carbocycles. The molecule has 0 fully saturated rings. The molecule has 0 spiro atoms. The highest BCUT2D eigenvalue weighted by Crippen LogP contribution is 2.26. The first-order valence-electron chi connectivity index (χ1n) is 7.24. The Kier molecular flexibility index (Phi) is 3.82. The van der Waals surface area contributed by atoms with E-state index >= 15 is 0 Å². The van der Waals surface area contributed by atoms with Crippen molar-refractivity contribution in [3.05, 3.63) is 65.4 Å². The molecule has 0 bridgehead atoms. The summed E-state index contributed by atoms with van der Waals surface area (Å²) < 4.78 is 28.3. The maximum Gasteiger partial charge on any atom is 0.263 e. The minimum atomic E-state index is -3.71. The Balaban J connectivity index is 2.12. The third kappa shape index (κ3) is 2.92. The minimum absolute atomic E-state index is 0.307. The SMILES string of the molecule is Cc1cc(C)c(S(=O)(=O)Nc2nc[c]c3ccccc23)c(C)c1. The van der Waals surface area contributed by atoms with E-state index in [1.165, 1.54) is 6.20 Å². The molecule has 2 aromatic carbocycles. The molecule has 23 heavy (non-hydrogen) atoms. The van der Waals surface area contributed by atoms with Gasteiger partial charge in [-0.2, -0.15) is 0 Å². The number of aryl methyl sites for hydroxylation is 3. The second-order valence-electron chi connectivity index (χ2n) is 5.63. The Morgan fingerprint density at radius 3 is 2.39 bits per heavy atom. The first kappa shape index (κ1) is 15.5. The number of benzene rings is 2. The fourth-order valence-electron chi connectivity index (χ4n) is 2.90. The quantitative estimate of drug-likeness (QED) is 0.797. The summed E-state index contributed by atoms with van der Waals surface area (Å²) in [6, 6.07) is 14.2. The highest BCUT2D eigenvalue weighted by Gasteiger charge is 2.21. The van der Waals surface area contributed by atoms with E-state index < -0.39 is 10.0 Å². The van der Waals surface area contributed by atoms with Crippen LogP contribution in [0, 0.1) is 26.8 Å². The van der Waals surface area contributed by atoms with Gasteiger partial charge in [0.25, 0.3) is 10.0 Å². The van der Waals surface area contributed by atoms with E-state index in [0.29, 0.717) is 10.7 Å². The molecule has 1 N–H and O–H groups in total. The van der Waals surface area contributed by atoms with Gasteiger partial charge < -0.3 is 0 Å². The van der Waals surface area contributed by atoms with Crippen LogP contribution in [0.25, 0.3) is 10.8 Å². The summed E-state index contributed by atoms with van der Waals surface area (Å²) in [5, 5.41) is 1.54. The van der Waals surface area contributed by atoms with E-state index in [0.717, 1.165) is 27.5 Å². The first-order valence-corrected chi connectivity index (χ1v) is 8.73. The summed E-state index contributed by atoms with van der Waals surface area (Å²) in [6.07, 6.45) is 1.48. The van der Waals surface area contributed by atoms with Crippen molar-refractivity contribution in [2.24, 2.45) is 0 Å². The van der Waals surface area contributed by atoms with Crippen molar-refractivity contribution in [1.82, 2.24) is 4.98 Å². The Labute approximate surface area is 136 Å². The molecule has 3 rings (SSSR count). The monoisotopic (exact) mass is 325 g/mol. The molecule has 0 atom stereocenters. The highest BCUT2D eigenvalue weighted by atomic mass is 32.2. The van der Waals surface area contributed by atoms with Crippen LogP contribution in [0.5, 0.6) is 0 Å². The Morgan fingerprint density at radius 2 is 1.70 bits per heavy atom. The second kappa shape index (κ2) is 5.66. The number of hydrogen-bond acceptors (Lipinski definition) is 3. The van der Waals surface area contributed by atoms with Gasteiger partial charge in [0.1, 0.15) is 5.82 Å². The van der Waals surface area contributed by atoms with Crippen molar-refractivity contribution in [1.29, 1.82) is 0 Å². The lowest BCUT2D eigenvalue weighted by molar-refractivity contribution is 0.600. The molecule has 0 amide bonds. The summed E-state index contributed by atoms with van der Waals surface area (Å²) in [5.74, 6) is 0.318. The number of fused-ring (bicyclic) bond motifs is 1. The average Bonchev–Trinajstić information content (AvgIpc) is 2.45. The molecule has 5 heteroatoms. The first-order chi connectivity index (χ1) is 10.9.